The molecule has 124 valence electrons. The summed E-state index contributed by atoms with van der Waals surface area (Å²) in [7, 11) is 3.25. The van der Waals surface area contributed by atoms with Crippen molar-refractivity contribution in [2.45, 2.75) is 0 Å². The van der Waals surface area contributed by atoms with Crippen LogP contribution in [-0.4, -0.2) is 18.8 Å². The molecule has 0 radical (unpaired) electrons. The van der Waals surface area contributed by atoms with Gasteiger partial charge < -0.3 is 0 Å². The fourth-order valence-corrected chi connectivity index (χ4v) is 1.20. The molecule has 0 aliphatic heterocycles. The first-order valence-electron chi connectivity index (χ1n) is 5.19. The summed E-state index contributed by atoms with van der Waals surface area (Å²) in [6.07, 6.45) is 1.81. The fourth-order valence-electron chi connectivity index (χ4n) is 1.03. The zero-order valence-electron chi connectivity index (χ0n) is 12.7. The molecule has 0 heterocycles. The third kappa shape index (κ3) is 22.1. The van der Waals surface area contributed by atoms with E-state index in [1.165, 1.54) is 0 Å². The van der Waals surface area contributed by atoms with Crippen LogP contribution in [0.3, 0.4) is 0 Å². The van der Waals surface area contributed by atoms with Crippen LogP contribution in [0.25, 0.3) is 5.76 Å². The summed E-state index contributed by atoms with van der Waals surface area (Å²) in [6.45, 7) is 22.5. The fraction of sp³-hybridized carbons (Fsp3) is 0.125. The van der Waals surface area contributed by atoms with E-state index in [1.54, 1.807) is 14.2 Å². The van der Waals surface area contributed by atoms with E-state index in [4.69, 9.17) is 32.7 Å². The van der Waals surface area contributed by atoms with Crippen LogP contribution in [0.5, 0.6) is 0 Å². The summed E-state index contributed by atoms with van der Waals surface area (Å²) in [5.74, 6) is 0.779. The maximum absolute atomic E-state index is 7.50. The van der Waals surface area contributed by atoms with Crippen molar-refractivity contribution in [1.82, 2.24) is 0 Å². The quantitative estimate of drug-likeness (QED) is 0.458. The van der Waals surface area contributed by atoms with Crippen LogP contribution in [0.4, 0.5) is 0 Å². The molecule has 0 aliphatic rings. The summed E-state index contributed by atoms with van der Waals surface area (Å²) in [5.41, 5.74) is 1.03. The Balaban J connectivity index is -0.000000103. The Hall–Kier alpha value is -2.18. The second-order valence-corrected chi connectivity index (χ2v) is 3.23. The molecule has 1 aromatic rings. The number of methoxy groups -OCH3 is 2. The van der Waals surface area contributed by atoms with Gasteiger partial charge in [0.05, 0.1) is 0 Å². The van der Waals surface area contributed by atoms with Crippen LogP contribution in [-0.2, 0) is 48.6 Å². The molecule has 7 nitrogen and oxygen atoms in total. The molecule has 0 unspecified atom stereocenters. The topological polar surface area (TPSA) is 118 Å². The van der Waals surface area contributed by atoms with E-state index in [2.05, 4.69) is 49.1 Å². The van der Waals surface area contributed by atoms with E-state index >= 15 is 0 Å². The number of hydrogen-bond acceptors (Lipinski definition) is 2. The van der Waals surface area contributed by atoms with Crippen LogP contribution >= 0.6 is 0 Å². The van der Waals surface area contributed by atoms with Gasteiger partial charge in [-0.2, -0.15) is 0 Å². The van der Waals surface area contributed by atoms with Crippen molar-refractivity contribution in [1.29, 1.82) is 0 Å². The first-order chi connectivity index (χ1) is 11.8. The zero-order valence-corrected chi connectivity index (χ0v) is 14.0. The van der Waals surface area contributed by atoms with Gasteiger partial charge in [0.25, 0.3) is 0 Å². The Morgan fingerprint density at radius 3 is 1.46 bits per heavy atom. The van der Waals surface area contributed by atoms with E-state index in [0.29, 0.717) is 4.57 Å². The van der Waals surface area contributed by atoms with E-state index in [1.807, 2.05) is 36.4 Å². The van der Waals surface area contributed by atoms with Gasteiger partial charge >= 0.3 is 148 Å². The molecular weight excluding hydrogens is 356 g/mol. The average molecular weight is 368 g/mol. The minimum atomic E-state index is 0.700. The predicted octanol–water partition coefficient (Wildman–Crippen LogP) is 1.81. The van der Waals surface area contributed by atoms with Crippen molar-refractivity contribution in [2.75, 3.05) is 14.2 Å². The summed E-state index contributed by atoms with van der Waals surface area (Å²) >= 11 is 2.80. The van der Waals surface area contributed by atoms with Crippen molar-refractivity contribution >= 4 is 10.3 Å². The molecule has 0 amide bonds. The Bertz CT molecular complexity index is 490. The van der Waals surface area contributed by atoms with Gasteiger partial charge in [-0.3, -0.25) is 0 Å². The molecule has 0 saturated heterocycles. The second-order valence-electron chi connectivity index (χ2n) is 2.60. The third-order valence-electron chi connectivity index (χ3n) is 1.73. The number of rotatable bonds is 4. The second kappa shape index (κ2) is 37.2. The Morgan fingerprint density at radius 1 is 0.792 bits per heavy atom. The molecule has 1 aromatic carbocycles. The molecule has 1 rings (SSSR count). The van der Waals surface area contributed by atoms with Crippen molar-refractivity contribution in [3.05, 3.63) is 75.2 Å². The molecule has 0 fully saturated rings. The molecule has 8 heteroatoms. The standard InChI is InChI=1S/C11H12O2.5CO.Cr/c1-12-9-8-11(13-2)10-6-4-3-5-7-10;5*1-2;/h3-8H,1-2H3;;;;;;/b11-8-;;;;;;. The van der Waals surface area contributed by atoms with Gasteiger partial charge in [0.1, 0.15) is 0 Å². The van der Waals surface area contributed by atoms with E-state index in [0.717, 1.165) is 11.3 Å². The van der Waals surface area contributed by atoms with Gasteiger partial charge in [-0.1, -0.05) is 0 Å². The van der Waals surface area contributed by atoms with Gasteiger partial charge in [0.2, 0.25) is 0 Å². The molecule has 0 saturated carbocycles. The van der Waals surface area contributed by atoms with Crippen molar-refractivity contribution < 1.29 is 48.6 Å². The van der Waals surface area contributed by atoms with E-state index in [-0.39, 0.29) is 0 Å². The van der Waals surface area contributed by atoms with Crippen molar-refractivity contribution in [2.24, 2.45) is 0 Å². The number of hydrogen-bond donors (Lipinski definition) is 0. The van der Waals surface area contributed by atoms with E-state index in [9.17, 15) is 0 Å². The Morgan fingerprint density at radius 2 is 1.17 bits per heavy atom. The van der Waals surface area contributed by atoms with Crippen molar-refractivity contribution in [3.63, 3.8) is 0 Å². The SMILES string of the molecule is CO[C](=[Cr])/C=C(\OC)c1ccccc1.[C-]#[O+].[C-]#[O+].[C-]#[O+].[C-]#[O+].[C-]#[O+]. The number of ether oxygens (including phenoxy) is 2. The molecule has 0 N–H and O–H groups in total. The molecule has 0 spiro atoms. The summed E-state index contributed by atoms with van der Waals surface area (Å²) in [6, 6.07) is 9.87. The summed E-state index contributed by atoms with van der Waals surface area (Å²) in [4.78, 5) is 0. The molecule has 0 aromatic heterocycles. The normalized spacial score (nSPS) is 6.92. The Labute approximate surface area is 148 Å². The average Bonchev–Trinajstić information content (AvgIpc) is 2.74. The minimum absolute atomic E-state index is 0.700. The van der Waals surface area contributed by atoms with Gasteiger partial charge in [-0.05, 0) is 0 Å². The first kappa shape index (κ1) is 33.4. The first-order valence-corrected chi connectivity index (χ1v) is 5.83. The van der Waals surface area contributed by atoms with Gasteiger partial charge in [0.15, 0.2) is 0 Å². The van der Waals surface area contributed by atoms with Crippen LogP contribution in [0.1, 0.15) is 5.56 Å². The van der Waals surface area contributed by atoms with Gasteiger partial charge in [0, 0.05) is 0 Å². The summed E-state index contributed by atoms with van der Waals surface area (Å²) < 4.78 is 48.5. The van der Waals surface area contributed by atoms with Gasteiger partial charge in [-0.25, -0.2) is 0 Å². The van der Waals surface area contributed by atoms with Crippen LogP contribution in [0.2, 0.25) is 0 Å². The van der Waals surface area contributed by atoms with Crippen molar-refractivity contribution in [3.8, 4) is 0 Å². The third-order valence-corrected chi connectivity index (χ3v) is 2.17. The summed E-state index contributed by atoms with van der Waals surface area (Å²) in [5, 5.41) is 0. The molecular formula is C16H12CrO7. The predicted molar refractivity (Wildman–Crippen MR) is 73.1 cm³/mol. The number of benzene rings is 1. The maximum atomic E-state index is 7.50. The van der Waals surface area contributed by atoms with Crippen LogP contribution in [0, 0.1) is 33.3 Å². The monoisotopic (exact) mass is 368 g/mol. The molecule has 0 aliphatic carbocycles. The molecule has 24 heavy (non-hydrogen) atoms. The Kier molecular flexibility index (Phi) is 51.9. The van der Waals surface area contributed by atoms with Crippen LogP contribution < -0.4 is 0 Å². The molecule has 0 atom stereocenters. The molecule has 0 bridgehead atoms. The zero-order chi connectivity index (χ0) is 20.4. The van der Waals surface area contributed by atoms with Crippen LogP contribution in [0.15, 0.2) is 36.4 Å². The van der Waals surface area contributed by atoms with E-state index < -0.39 is 0 Å². The van der Waals surface area contributed by atoms with Gasteiger partial charge in [-0.15, -0.1) is 0 Å².